The van der Waals surface area contributed by atoms with Crippen LogP contribution in [0.2, 0.25) is 5.02 Å². The number of aromatic nitrogens is 4. The van der Waals surface area contributed by atoms with E-state index in [1.165, 1.54) is 12.4 Å². The summed E-state index contributed by atoms with van der Waals surface area (Å²) in [7, 11) is -3.72. The molecular formula is C17H20ClN5O2S. The molecule has 0 amide bonds. The fourth-order valence-electron chi connectivity index (χ4n) is 2.66. The fourth-order valence-corrected chi connectivity index (χ4v) is 4.00. The summed E-state index contributed by atoms with van der Waals surface area (Å²) in [5.41, 5.74) is 2.81. The second-order valence-corrected chi connectivity index (χ2v) is 8.09. The molecule has 9 heteroatoms. The van der Waals surface area contributed by atoms with Crippen LogP contribution in [0.5, 0.6) is 0 Å². The Hall–Kier alpha value is -2.32. The lowest BCUT2D eigenvalue weighted by molar-refractivity contribution is 0.600. The van der Waals surface area contributed by atoms with Gasteiger partial charge in [-0.3, -0.25) is 14.1 Å². The topological polar surface area (TPSA) is 81.8 Å². The molecule has 0 fully saturated rings. The number of rotatable bonds is 6. The standard InChI is InChI=1S/C17H20ClN5O2S/c1-4-22-11-16(9-19-22)26(24,25)21-17-12(2)20-23(13(17)3)10-14-6-5-7-15(18)8-14/h5-9,11,21H,4,10H2,1-3H3. The lowest BCUT2D eigenvalue weighted by atomic mass is 10.2. The first-order chi connectivity index (χ1) is 12.3. The summed E-state index contributed by atoms with van der Waals surface area (Å²) >= 11 is 6.03. The molecule has 3 rings (SSSR count). The van der Waals surface area contributed by atoms with Gasteiger partial charge in [-0.25, -0.2) is 8.42 Å². The first kappa shape index (κ1) is 18.5. The normalized spacial score (nSPS) is 11.7. The zero-order chi connectivity index (χ0) is 18.9. The maximum Gasteiger partial charge on any atom is 0.265 e. The molecule has 0 radical (unpaired) electrons. The summed E-state index contributed by atoms with van der Waals surface area (Å²) in [5.74, 6) is 0. The molecule has 2 aromatic heterocycles. The van der Waals surface area contributed by atoms with Crippen molar-refractivity contribution in [2.45, 2.75) is 38.8 Å². The molecule has 0 aliphatic carbocycles. The first-order valence-corrected chi connectivity index (χ1v) is 10.00. The molecule has 0 spiro atoms. The van der Waals surface area contributed by atoms with Crippen LogP contribution in [0.15, 0.2) is 41.6 Å². The van der Waals surface area contributed by atoms with Gasteiger partial charge in [-0.2, -0.15) is 10.2 Å². The zero-order valence-corrected chi connectivity index (χ0v) is 16.3. The Morgan fingerprint density at radius 2 is 2.04 bits per heavy atom. The second-order valence-electron chi connectivity index (χ2n) is 5.97. The molecule has 1 N–H and O–H groups in total. The molecule has 0 saturated carbocycles. The van der Waals surface area contributed by atoms with Crippen LogP contribution in [-0.4, -0.2) is 28.0 Å². The average Bonchev–Trinajstić information content (AvgIpc) is 3.17. The van der Waals surface area contributed by atoms with Crippen LogP contribution in [0, 0.1) is 13.8 Å². The molecular weight excluding hydrogens is 374 g/mol. The Morgan fingerprint density at radius 3 is 2.69 bits per heavy atom. The molecule has 0 aliphatic rings. The summed E-state index contributed by atoms with van der Waals surface area (Å²) in [5, 5.41) is 9.13. The van der Waals surface area contributed by atoms with Gasteiger partial charge in [-0.05, 0) is 38.5 Å². The number of sulfonamides is 1. The Labute approximate surface area is 157 Å². The van der Waals surface area contributed by atoms with Gasteiger partial charge in [0.25, 0.3) is 10.0 Å². The maximum atomic E-state index is 12.6. The number of hydrogen-bond donors (Lipinski definition) is 1. The van der Waals surface area contributed by atoms with Crippen molar-refractivity contribution >= 4 is 27.3 Å². The van der Waals surface area contributed by atoms with E-state index in [2.05, 4.69) is 14.9 Å². The van der Waals surface area contributed by atoms with E-state index in [1.54, 1.807) is 16.3 Å². The van der Waals surface area contributed by atoms with E-state index in [0.717, 1.165) is 11.3 Å². The SMILES string of the molecule is CCn1cc(S(=O)(=O)Nc2c(C)nn(Cc3cccc(Cl)c3)c2C)cn1. The van der Waals surface area contributed by atoms with Crippen LogP contribution in [0.1, 0.15) is 23.9 Å². The minimum Gasteiger partial charge on any atom is -0.276 e. The highest BCUT2D eigenvalue weighted by Gasteiger charge is 2.21. The highest BCUT2D eigenvalue weighted by molar-refractivity contribution is 7.92. The van der Waals surface area contributed by atoms with Crippen molar-refractivity contribution in [2.24, 2.45) is 0 Å². The Bertz CT molecular complexity index is 1040. The molecule has 0 atom stereocenters. The Kier molecular flexibility index (Phi) is 5.06. The van der Waals surface area contributed by atoms with E-state index in [0.29, 0.717) is 29.5 Å². The third kappa shape index (κ3) is 3.76. The third-order valence-corrected chi connectivity index (χ3v) is 5.62. The second kappa shape index (κ2) is 7.13. The van der Waals surface area contributed by atoms with Crippen LogP contribution in [-0.2, 0) is 23.1 Å². The van der Waals surface area contributed by atoms with Crippen molar-refractivity contribution in [1.82, 2.24) is 19.6 Å². The van der Waals surface area contributed by atoms with E-state index in [-0.39, 0.29) is 4.90 Å². The Morgan fingerprint density at radius 1 is 1.27 bits per heavy atom. The summed E-state index contributed by atoms with van der Waals surface area (Å²) in [6.07, 6.45) is 2.84. The number of halogens is 1. The predicted octanol–water partition coefficient (Wildman–Crippen LogP) is 3.22. The summed E-state index contributed by atoms with van der Waals surface area (Å²) in [6, 6.07) is 7.49. The summed E-state index contributed by atoms with van der Waals surface area (Å²) < 4.78 is 31.2. The van der Waals surface area contributed by atoms with E-state index >= 15 is 0 Å². The molecule has 3 aromatic rings. The summed E-state index contributed by atoms with van der Waals surface area (Å²) in [6.45, 7) is 6.60. The van der Waals surface area contributed by atoms with Crippen LogP contribution < -0.4 is 4.72 Å². The van der Waals surface area contributed by atoms with Crippen molar-refractivity contribution < 1.29 is 8.42 Å². The lowest BCUT2D eigenvalue weighted by Gasteiger charge is -2.08. The predicted molar refractivity (Wildman–Crippen MR) is 101 cm³/mol. The van der Waals surface area contributed by atoms with Crippen molar-refractivity contribution in [2.75, 3.05) is 4.72 Å². The maximum absolute atomic E-state index is 12.6. The van der Waals surface area contributed by atoms with Gasteiger partial charge in [0.05, 0.1) is 29.8 Å². The number of anilines is 1. The van der Waals surface area contributed by atoms with Gasteiger partial charge in [-0.15, -0.1) is 0 Å². The van der Waals surface area contributed by atoms with E-state index in [1.807, 2.05) is 38.1 Å². The quantitative estimate of drug-likeness (QED) is 0.697. The third-order valence-electron chi connectivity index (χ3n) is 4.08. The highest BCUT2D eigenvalue weighted by atomic mass is 35.5. The highest BCUT2D eigenvalue weighted by Crippen LogP contribution is 2.24. The molecule has 0 aliphatic heterocycles. The van der Waals surface area contributed by atoms with Crippen LogP contribution in [0.25, 0.3) is 0 Å². The molecule has 0 unspecified atom stereocenters. The van der Waals surface area contributed by atoms with Gasteiger partial charge in [0, 0.05) is 17.8 Å². The monoisotopic (exact) mass is 393 g/mol. The molecule has 7 nitrogen and oxygen atoms in total. The number of aryl methyl sites for hydroxylation is 2. The molecule has 26 heavy (non-hydrogen) atoms. The van der Waals surface area contributed by atoms with Crippen molar-refractivity contribution in [3.05, 3.63) is 58.6 Å². The number of nitrogens with one attached hydrogen (secondary N) is 1. The van der Waals surface area contributed by atoms with E-state index in [4.69, 9.17) is 11.6 Å². The number of nitrogens with zero attached hydrogens (tertiary/aromatic N) is 4. The first-order valence-electron chi connectivity index (χ1n) is 8.14. The van der Waals surface area contributed by atoms with Crippen LogP contribution >= 0.6 is 11.6 Å². The van der Waals surface area contributed by atoms with Crippen molar-refractivity contribution in [3.63, 3.8) is 0 Å². The van der Waals surface area contributed by atoms with E-state index in [9.17, 15) is 8.42 Å². The molecule has 138 valence electrons. The minimum atomic E-state index is -3.72. The molecule has 2 heterocycles. The minimum absolute atomic E-state index is 0.126. The largest absolute Gasteiger partial charge is 0.276 e. The van der Waals surface area contributed by atoms with Crippen LogP contribution in [0.3, 0.4) is 0 Å². The van der Waals surface area contributed by atoms with Crippen molar-refractivity contribution in [1.29, 1.82) is 0 Å². The lowest BCUT2D eigenvalue weighted by Crippen LogP contribution is -2.14. The molecule has 1 aromatic carbocycles. The van der Waals surface area contributed by atoms with Crippen LogP contribution in [0.4, 0.5) is 5.69 Å². The average molecular weight is 394 g/mol. The van der Waals surface area contributed by atoms with E-state index < -0.39 is 10.0 Å². The zero-order valence-electron chi connectivity index (χ0n) is 14.8. The molecule has 0 bridgehead atoms. The van der Waals surface area contributed by atoms with Gasteiger partial charge in [0.2, 0.25) is 0 Å². The number of benzene rings is 1. The van der Waals surface area contributed by atoms with Crippen molar-refractivity contribution in [3.8, 4) is 0 Å². The van der Waals surface area contributed by atoms with Gasteiger partial charge < -0.3 is 0 Å². The molecule has 0 saturated heterocycles. The van der Waals surface area contributed by atoms with Gasteiger partial charge in [0.15, 0.2) is 0 Å². The fraction of sp³-hybridized carbons (Fsp3) is 0.294. The summed E-state index contributed by atoms with van der Waals surface area (Å²) in [4.78, 5) is 0.126. The van der Waals surface area contributed by atoms with Gasteiger partial charge in [-0.1, -0.05) is 23.7 Å². The smallest absolute Gasteiger partial charge is 0.265 e. The van der Waals surface area contributed by atoms with Gasteiger partial charge in [0.1, 0.15) is 4.90 Å². The Balaban J connectivity index is 1.88. The van der Waals surface area contributed by atoms with Gasteiger partial charge >= 0.3 is 0 Å². The number of hydrogen-bond acceptors (Lipinski definition) is 4.